The van der Waals surface area contributed by atoms with Crippen LogP contribution in [0.5, 0.6) is 5.75 Å². The first-order chi connectivity index (χ1) is 10.7. The fraction of sp³-hybridized carbons (Fsp3) is 0.471. The third kappa shape index (κ3) is 2.81. The van der Waals surface area contributed by atoms with Crippen molar-refractivity contribution in [2.24, 2.45) is 0 Å². The molecular weight excluding hydrogens is 282 g/mol. The lowest BCUT2D eigenvalue weighted by atomic mass is 9.86. The van der Waals surface area contributed by atoms with E-state index in [-0.39, 0.29) is 0 Å². The molecule has 0 fully saturated rings. The Morgan fingerprint density at radius 2 is 2.23 bits per heavy atom. The Hall–Kier alpha value is -2.01. The van der Waals surface area contributed by atoms with Crippen molar-refractivity contribution < 1.29 is 19.2 Å². The van der Waals surface area contributed by atoms with Gasteiger partial charge < -0.3 is 14.3 Å². The van der Waals surface area contributed by atoms with Gasteiger partial charge in [-0.3, -0.25) is 5.21 Å². The Balaban J connectivity index is 1.90. The van der Waals surface area contributed by atoms with E-state index in [4.69, 9.17) is 14.3 Å². The van der Waals surface area contributed by atoms with Gasteiger partial charge in [-0.1, -0.05) is 12.1 Å². The van der Waals surface area contributed by atoms with Crippen LogP contribution in [-0.4, -0.2) is 30.6 Å². The van der Waals surface area contributed by atoms with Gasteiger partial charge in [-0.15, -0.1) is 0 Å². The number of hydrogen-bond acceptors (Lipinski definition) is 4. The summed E-state index contributed by atoms with van der Waals surface area (Å²) in [5.74, 6) is 0.847. The molecule has 1 aliphatic heterocycles. The molecule has 0 spiro atoms. The maximum Gasteiger partial charge on any atom is 0.252 e. The van der Waals surface area contributed by atoms with Gasteiger partial charge in [0.05, 0.1) is 12.7 Å². The Labute approximate surface area is 130 Å². The van der Waals surface area contributed by atoms with Crippen molar-refractivity contribution in [1.29, 1.82) is 0 Å². The maximum atomic E-state index is 12.2. The van der Waals surface area contributed by atoms with Gasteiger partial charge in [0.15, 0.2) is 6.29 Å². The van der Waals surface area contributed by atoms with Crippen LogP contribution < -0.4 is 4.74 Å². The molecule has 1 aliphatic carbocycles. The predicted octanol–water partition coefficient (Wildman–Crippen LogP) is 3.06. The minimum absolute atomic E-state index is 0.439. The van der Waals surface area contributed by atoms with E-state index in [1.54, 1.807) is 7.11 Å². The molecule has 0 amide bonds. The SMILES string of the molecule is CCOC1CCC(C2=CCCc3cc(OC)ccc32)=[N+]([O-])O1. The van der Waals surface area contributed by atoms with Crippen LogP contribution in [0, 0.1) is 5.21 Å². The largest absolute Gasteiger partial charge is 0.497 e. The molecule has 5 heteroatoms. The van der Waals surface area contributed by atoms with Crippen LogP contribution in [0.15, 0.2) is 24.3 Å². The number of hydrogen-bond donors (Lipinski definition) is 0. The lowest BCUT2D eigenvalue weighted by Gasteiger charge is -2.26. The maximum absolute atomic E-state index is 12.2. The van der Waals surface area contributed by atoms with Gasteiger partial charge >= 0.3 is 0 Å². The van der Waals surface area contributed by atoms with E-state index in [2.05, 4.69) is 6.08 Å². The molecule has 1 aromatic rings. The molecule has 0 aromatic heterocycles. The monoisotopic (exact) mass is 303 g/mol. The second-order valence-corrected chi connectivity index (χ2v) is 5.41. The molecule has 3 rings (SSSR count). The number of allylic oxidation sites excluding steroid dienone is 2. The first-order valence-electron chi connectivity index (χ1n) is 7.72. The lowest BCUT2D eigenvalue weighted by Crippen LogP contribution is -2.33. The summed E-state index contributed by atoms with van der Waals surface area (Å²) in [5.41, 5.74) is 3.97. The lowest BCUT2D eigenvalue weighted by molar-refractivity contribution is -0.770. The van der Waals surface area contributed by atoms with Crippen LogP contribution in [0.4, 0.5) is 0 Å². The van der Waals surface area contributed by atoms with Crippen molar-refractivity contribution in [2.75, 3.05) is 13.7 Å². The van der Waals surface area contributed by atoms with E-state index in [0.717, 1.165) is 29.7 Å². The van der Waals surface area contributed by atoms with E-state index < -0.39 is 6.29 Å². The van der Waals surface area contributed by atoms with Crippen LogP contribution in [0.2, 0.25) is 0 Å². The van der Waals surface area contributed by atoms with Gasteiger partial charge in [0.1, 0.15) is 5.75 Å². The average molecular weight is 303 g/mol. The molecule has 0 saturated carbocycles. The predicted molar refractivity (Wildman–Crippen MR) is 83.7 cm³/mol. The van der Waals surface area contributed by atoms with Crippen molar-refractivity contribution in [3.05, 3.63) is 40.6 Å². The van der Waals surface area contributed by atoms with E-state index in [1.807, 2.05) is 25.1 Å². The molecule has 22 heavy (non-hydrogen) atoms. The zero-order chi connectivity index (χ0) is 15.5. The Kier molecular flexibility index (Phi) is 4.34. The van der Waals surface area contributed by atoms with Gasteiger partial charge in [0, 0.05) is 17.9 Å². The molecule has 0 bridgehead atoms. The molecule has 1 atom stereocenters. The number of rotatable bonds is 4. The summed E-state index contributed by atoms with van der Waals surface area (Å²) in [6, 6.07) is 6.00. The molecule has 1 unspecified atom stereocenters. The summed E-state index contributed by atoms with van der Waals surface area (Å²) in [6.45, 7) is 2.43. The van der Waals surface area contributed by atoms with Crippen LogP contribution in [0.3, 0.4) is 0 Å². The quantitative estimate of drug-likeness (QED) is 0.802. The molecule has 0 N–H and O–H groups in total. The van der Waals surface area contributed by atoms with E-state index in [1.165, 1.54) is 5.56 Å². The minimum Gasteiger partial charge on any atom is -0.497 e. The van der Waals surface area contributed by atoms with Gasteiger partial charge in [0.25, 0.3) is 5.71 Å². The molecule has 5 nitrogen and oxygen atoms in total. The molecule has 118 valence electrons. The number of methoxy groups -OCH3 is 1. The Morgan fingerprint density at radius 1 is 1.36 bits per heavy atom. The molecular formula is C17H21NO4. The van der Waals surface area contributed by atoms with Crippen molar-refractivity contribution >= 4 is 11.3 Å². The summed E-state index contributed by atoms with van der Waals surface area (Å²) >= 11 is 0. The summed E-state index contributed by atoms with van der Waals surface area (Å²) in [5, 5.41) is 12.2. The summed E-state index contributed by atoms with van der Waals surface area (Å²) < 4.78 is 10.7. The van der Waals surface area contributed by atoms with Crippen LogP contribution in [0.1, 0.15) is 37.3 Å². The molecule has 0 radical (unpaired) electrons. The number of nitrogens with zero attached hydrogens (tertiary/aromatic N) is 1. The summed E-state index contributed by atoms with van der Waals surface area (Å²) in [6.07, 6.45) is 4.92. The highest BCUT2D eigenvalue weighted by atomic mass is 16.9. The topological polar surface area (TPSA) is 53.8 Å². The first-order valence-corrected chi connectivity index (χ1v) is 7.72. The Morgan fingerprint density at radius 3 is 2.95 bits per heavy atom. The van der Waals surface area contributed by atoms with Gasteiger partial charge in [-0.05, 0) is 49.4 Å². The van der Waals surface area contributed by atoms with Gasteiger partial charge in [0.2, 0.25) is 0 Å². The summed E-state index contributed by atoms with van der Waals surface area (Å²) in [7, 11) is 1.66. The van der Waals surface area contributed by atoms with Crippen molar-refractivity contribution in [1.82, 2.24) is 0 Å². The number of fused-ring (bicyclic) bond motifs is 1. The normalized spacial score (nSPS) is 21.0. The standard InChI is InChI=1S/C17H21NO4/c1-3-21-17-10-9-16(18(19)22-17)15-6-4-5-12-11-13(20-2)7-8-14(12)15/h6-8,11,17H,3-5,9-10H2,1-2H3. The molecule has 0 saturated heterocycles. The zero-order valence-electron chi connectivity index (χ0n) is 13.0. The number of ether oxygens (including phenoxy) is 2. The van der Waals surface area contributed by atoms with Crippen molar-refractivity contribution in [3.63, 3.8) is 0 Å². The fourth-order valence-electron chi connectivity index (χ4n) is 3.02. The highest BCUT2D eigenvalue weighted by molar-refractivity contribution is 6.22. The van der Waals surface area contributed by atoms with Crippen LogP contribution in [-0.2, 0) is 16.0 Å². The highest BCUT2D eigenvalue weighted by Gasteiger charge is 2.30. The first kappa shape index (κ1) is 14.9. The minimum atomic E-state index is -0.439. The molecule has 1 aromatic carbocycles. The fourth-order valence-corrected chi connectivity index (χ4v) is 3.02. The third-order valence-corrected chi connectivity index (χ3v) is 4.08. The van der Waals surface area contributed by atoms with Crippen LogP contribution in [0.25, 0.3) is 5.57 Å². The van der Waals surface area contributed by atoms with Crippen molar-refractivity contribution in [3.8, 4) is 5.75 Å². The van der Waals surface area contributed by atoms with E-state index >= 15 is 0 Å². The number of benzene rings is 1. The average Bonchev–Trinajstić information content (AvgIpc) is 2.54. The molecule has 1 heterocycles. The van der Waals surface area contributed by atoms with Gasteiger partial charge in [-0.2, -0.15) is 0 Å². The summed E-state index contributed by atoms with van der Waals surface area (Å²) in [4.78, 5) is 5.94. The number of aryl methyl sites for hydroxylation is 1. The smallest absolute Gasteiger partial charge is 0.252 e. The van der Waals surface area contributed by atoms with Crippen molar-refractivity contribution in [2.45, 2.75) is 38.9 Å². The van der Waals surface area contributed by atoms with E-state index in [0.29, 0.717) is 30.1 Å². The molecule has 2 aliphatic rings. The second kappa shape index (κ2) is 6.40. The zero-order valence-corrected chi connectivity index (χ0v) is 13.0. The van der Waals surface area contributed by atoms with Crippen LogP contribution >= 0.6 is 0 Å². The Bertz CT molecular complexity index is 621. The highest BCUT2D eigenvalue weighted by Crippen LogP contribution is 2.32. The second-order valence-electron chi connectivity index (χ2n) is 5.41. The van der Waals surface area contributed by atoms with E-state index in [9.17, 15) is 5.21 Å². The third-order valence-electron chi connectivity index (χ3n) is 4.08. The van der Waals surface area contributed by atoms with Gasteiger partial charge in [-0.25, -0.2) is 0 Å².